The second-order valence-electron chi connectivity index (χ2n) is 11.8. The molecule has 2 aromatic carbocycles. The normalized spacial score (nSPS) is 15.6. The number of thiophene rings is 1. The summed E-state index contributed by atoms with van der Waals surface area (Å²) < 4.78 is 8.66. The van der Waals surface area contributed by atoms with Crippen molar-refractivity contribution >= 4 is 43.4 Å². The molecule has 0 radical (unpaired) electrons. The second-order valence-corrected chi connectivity index (χ2v) is 15.2. The Morgan fingerprint density at radius 3 is 2.34 bits per heavy atom. The van der Waals surface area contributed by atoms with E-state index in [0.717, 1.165) is 43.7 Å². The zero-order valence-corrected chi connectivity index (χ0v) is 26.6. The van der Waals surface area contributed by atoms with Gasteiger partial charge < -0.3 is 14.8 Å². The minimum Gasteiger partial charge on any atom is -0.481 e. The molecule has 214 valence electrons. The molecule has 2 atom stereocenters. The third-order valence-corrected chi connectivity index (χ3v) is 9.20. The average molecular weight is 588 g/mol. The van der Waals surface area contributed by atoms with E-state index >= 15 is 0 Å². The molecule has 0 bridgehead atoms. The molecule has 0 amide bonds. The first-order valence-corrected chi connectivity index (χ1v) is 17.5. The summed E-state index contributed by atoms with van der Waals surface area (Å²) in [6, 6.07) is 17.5. The van der Waals surface area contributed by atoms with Crippen LogP contribution >= 0.6 is 11.3 Å². The lowest BCUT2D eigenvalue weighted by atomic mass is 9.86. The van der Waals surface area contributed by atoms with E-state index in [1.54, 1.807) is 11.3 Å². The van der Waals surface area contributed by atoms with Crippen LogP contribution in [0.1, 0.15) is 72.6 Å². The number of aliphatic carboxylic acids is 1. The van der Waals surface area contributed by atoms with Crippen molar-refractivity contribution in [2.75, 3.05) is 5.32 Å². The Hall–Kier alpha value is -3.60. The summed E-state index contributed by atoms with van der Waals surface area (Å²) in [5.41, 5.74) is 5.59. The Morgan fingerprint density at radius 2 is 1.73 bits per heavy atom. The first-order valence-electron chi connectivity index (χ1n) is 13.9. The number of nitrogens with zero attached hydrogens (tertiary/aromatic N) is 4. The highest BCUT2D eigenvalue weighted by molar-refractivity contribution is 7.15. The predicted molar refractivity (Wildman–Crippen MR) is 168 cm³/mol. The van der Waals surface area contributed by atoms with Crippen LogP contribution in [-0.2, 0) is 9.22 Å². The highest BCUT2D eigenvalue weighted by Crippen LogP contribution is 2.47. The average Bonchev–Trinajstić information content (AvgIpc) is 3.40. The van der Waals surface area contributed by atoms with Gasteiger partial charge in [-0.1, -0.05) is 51.1 Å². The summed E-state index contributed by atoms with van der Waals surface area (Å²) in [7, 11) is -1.37. The lowest BCUT2D eigenvalue weighted by molar-refractivity contribution is -0.137. The van der Waals surface area contributed by atoms with Gasteiger partial charge in [0.05, 0.1) is 18.2 Å². The van der Waals surface area contributed by atoms with E-state index in [9.17, 15) is 9.90 Å². The summed E-state index contributed by atoms with van der Waals surface area (Å²) in [4.78, 5) is 18.2. The molecule has 2 N–H and O–H groups in total. The summed E-state index contributed by atoms with van der Waals surface area (Å²) >= 11 is 1.68. The lowest BCUT2D eigenvalue weighted by Crippen LogP contribution is -2.25. The Balaban J connectivity index is 1.69. The van der Waals surface area contributed by atoms with Gasteiger partial charge in [0.25, 0.3) is 0 Å². The summed E-state index contributed by atoms with van der Waals surface area (Å²) in [5, 5.41) is 23.0. The number of carboxylic acids is 1. The van der Waals surface area contributed by atoms with E-state index in [0.29, 0.717) is 11.6 Å². The largest absolute Gasteiger partial charge is 0.481 e. The molecule has 0 fully saturated rings. The van der Waals surface area contributed by atoms with Crippen LogP contribution in [-0.4, -0.2) is 40.6 Å². The van der Waals surface area contributed by atoms with Crippen molar-refractivity contribution < 1.29 is 14.3 Å². The van der Waals surface area contributed by atoms with Crippen LogP contribution in [0.5, 0.6) is 0 Å². The minimum atomic E-state index is -1.37. The summed E-state index contributed by atoms with van der Waals surface area (Å²) in [6.45, 7) is 15.1. The standard InChI is InChI=1S/C31H37N5O3SSi/c1-18-25-26(20-13-15-22(16-14-20)32-21-11-9-8-10-12-21)33-23(17-24(37)38)29-35-34-19(2)36(29)30(25)40-27(18)28(31(3,4)5)39-41(6)7/h8-16,23,28,32,41H,17H2,1-7H3,(H,37,38)/t23-,28?/m0/s1. The fourth-order valence-corrected chi connectivity index (χ4v) is 8.01. The number of aromatic nitrogens is 3. The molecular formula is C31H37N5O3SSi. The first-order chi connectivity index (χ1) is 19.4. The molecule has 41 heavy (non-hydrogen) atoms. The quantitative estimate of drug-likeness (QED) is 0.212. The van der Waals surface area contributed by atoms with E-state index < -0.39 is 21.1 Å². The van der Waals surface area contributed by atoms with Gasteiger partial charge in [-0.05, 0) is 62.2 Å². The zero-order valence-electron chi connectivity index (χ0n) is 24.6. The lowest BCUT2D eigenvalue weighted by Gasteiger charge is -2.32. The van der Waals surface area contributed by atoms with Crippen molar-refractivity contribution in [3.8, 4) is 5.00 Å². The van der Waals surface area contributed by atoms with Gasteiger partial charge in [-0.25, -0.2) is 0 Å². The number of fused-ring (bicyclic) bond motifs is 3. The Morgan fingerprint density at radius 1 is 1.07 bits per heavy atom. The number of rotatable bonds is 8. The van der Waals surface area contributed by atoms with Crippen LogP contribution in [0.15, 0.2) is 59.6 Å². The van der Waals surface area contributed by atoms with Crippen LogP contribution in [0, 0.1) is 19.3 Å². The molecule has 0 saturated carbocycles. The number of hydrogen-bond donors (Lipinski definition) is 2. The second kappa shape index (κ2) is 11.3. The number of aryl methyl sites for hydroxylation is 1. The van der Waals surface area contributed by atoms with Crippen LogP contribution in [0.3, 0.4) is 0 Å². The van der Waals surface area contributed by atoms with Crippen LogP contribution in [0.4, 0.5) is 11.4 Å². The van der Waals surface area contributed by atoms with Crippen molar-refractivity contribution in [1.82, 2.24) is 14.8 Å². The monoisotopic (exact) mass is 587 g/mol. The van der Waals surface area contributed by atoms with E-state index in [1.165, 1.54) is 0 Å². The van der Waals surface area contributed by atoms with Crippen molar-refractivity contribution in [2.24, 2.45) is 10.4 Å². The van der Waals surface area contributed by atoms with Gasteiger partial charge in [0.2, 0.25) is 0 Å². The molecule has 4 aromatic rings. The maximum Gasteiger partial charge on any atom is 0.306 e. The van der Waals surface area contributed by atoms with Gasteiger partial charge in [-0.15, -0.1) is 21.5 Å². The van der Waals surface area contributed by atoms with Gasteiger partial charge in [-0.2, -0.15) is 0 Å². The van der Waals surface area contributed by atoms with E-state index in [1.807, 2.05) is 66.1 Å². The molecule has 0 aliphatic carbocycles. The van der Waals surface area contributed by atoms with Gasteiger partial charge >= 0.3 is 5.97 Å². The molecule has 10 heteroatoms. The molecular weight excluding hydrogens is 551 g/mol. The molecule has 1 aliphatic heterocycles. The van der Waals surface area contributed by atoms with Crippen LogP contribution in [0.2, 0.25) is 13.1 Å². The summed E-state index contributed by atoms with van der Waals surface area (Å²) in [6.07, 6.45) is -0.261. The number of anilines is 2. The van der Waals surface area contributed by atoms with E-state index in [-0.39, 0.29) is 17.9 Å². The van der Waals surface area contributed by atoms with Crippen molar-refractivity contribution in [2.45, 2.75) is 66.3 Å². The third-order valence-electron chi connectivity index (χ3n) is 7.06. The Kier molecular flexibility index (Phi) is 8.00. The van der Waals surface area contributed by atoms with Crippen LogP contribution < -0.4 is 5.32 Å². The van der Waals surface area contributed by atoms with Crippen molar-refractivity contribution in [3.63, 3.8) is 0 Å². The number of carbonyl (C=O) groups is 1. The number of hydrogen-bond acceptors (Lipinski definition) is 7. The predicted octanol–water partition coefficient (Wildman–Crippen LogP) is 7.14. The van der Waals surface area contributed by atoms with E-state index in [2.05, 4.69) is 56.3 Å². The molecule has 0 saturated heterocycles. The number of carboxylic acid groups (broad SMARTS) is 1. The maximum atomic E-state index is 11.9. The number of nitrogens with one attached hydrogen (secondary N) is 1. The highest BCUT2D eigenvalue weighted by Gasteiger charge is 2.37. The van der Waals surface area contributed by atoms with Crippen LogP contribution in [0.25, 0.3) is 5.00 Å². The molecule has 1 unspecified atom stereocenters. The molecule has 3 heterocycles. The molecule has 0 spiro atoms. The number of benzene rings is 2. The fourth-order valence-electron chi connectivity index (χ4n) is 5.18. The molecule has 2 aromatic heterocycles. The maximum absolute atomic E-state index is 11.9. The number of aliphatic imine (C=N–C) groups is 1. The van der Waals surface area contributed by atoms with Gasteiger partial charge in [0.1, 0.15) is 16.9 Å². The number of para-hydroxylation sites is 1. The Labute approximate surface area is 246 Å². The first kappa shape index (κ1) is 28.9. The SMILES string of the molecule is Cc1c(C(O[SiH](C)C)C(C)(C)C)sc2c1C(c1ccc(Nc3ccccc3)cc1)=N[C@@H](CC(=O)O)c1nnc(C)n1-2. The highest BCUT2D eigenvalue weighted by atomic mass is 32.1. The molecule has 1 aliphatic rings. The molecule has 5 rings (SSSR count). The molecule has 8 nitrogen and oxygen atoms in total. The summed E-state index contributed by atoms with van der Waals surface area (Å²) in [5.74, 6) is 0.316. The van der Waals surface area contributed by atoms with Gasteiger partial charge in [0, 0.05) is 27.4 Å². The zero-order chi connectivity index (χ0) is 29.5. The minimum absolute atomic E-state index is 0.0835. The van der Waals surface area contributed by atoms with Gasteiger partial charge in [-0.3, -0.25) is 14.4 Å². The Bertz CT molecular complexity index is 1590. The van der Waals surface area contributed by atoms with Crippen molar-refractivity contribution in [3.05, 3.63) is 87.8 Å². The smallest absolute Gasteiger partial charge is 0.306 e. The fraction of sp³-hybridized carbons (Fsp3) is 0.355. The van der Waals surface area contributed by atoms with Gasteiger partial charge in [0.15, 0.2) is 14.9 Å². The van der Waals surface area contributed by atoms with E-state index in [4.69, 9.17) is 9.42 Å². The third kappa shape index (κ3) is 5.90. The topological polar surface area (TPSA) is 102 Å². The van der Waals surface area contributed by atoms with Crippen molar-refractivity contribution in [1.29, 1.82) is 0 Å².